The highest BCUT2D eigenvalue weighted by molar-refractivity contribution is 9.10. The number of nitrogens with zero attached hydrogens (tertiary/aromatic N) is 2. The molecule has 0 amide bonds. The predicted octanol–water partition coefficient (Wildman–Crippen LogP) is 7.63. The number of amidine groups is 1. The monoisotopic (exact) mass is 460 g/mol. The Hall–Kier alpha value is -2.39. The van der Waals surface area contributed by atoms with E-state index in [-0.39, 0.29) is 0 Å². The van der Waals surface area contributed by atoms with Crippen LogP contribution in [0.2, 0.25) is 0 Å². The maximum absolute atomic E-state index is 4.95. The van der Waals surface area contributed by atoms with Crippen LogP contribution in [0.1, 0.15) is 56.2 Å². The summed E-state index contributed by atoms with van der Waals surface area (Å²) >= 11 is 3.74. The number of anilines is 1. The number of halogens is 1. The van der Waals surface area contributed by atoms with Gasteiger partial charge in [-0.25, -0.2) is 0 Å². The standard InChI is InChI=1S/C27H29BrN2/c1-18(2)24-16-23(28)17-25(19(3)4)26(24)30-14-13-29-27(30)22-12-8-11-21(15-22)20-9-6-5-7-10-20/h5-12,15-19H,13-14H2,1-4H3. The fourth-order valence-electron chi connectivity index (χ4n) is 4.21. The summed E-state index contributed by atoms with van der Waals surface area (Å²) in [7, 11) is 0. The second kappa shape index (κ2) is 8.77. The lowest BCUT2D eigenvalue weighted by atomic mass is 9.91. The molecule has 0 unspecified atom stereocenters. The summed E-state index contributed by atoms with van der Waals surface area (Å²) in [5.41, 5.74) is 7.74. The highest BCUT2D eigenvalue weighted by Gasteiger charge is 2.27. The SMILES string of the molecule is CC(C)c1cc(Br)cc(C(C)C)c1N1CCN=C1c1cccc(-c2ccccc2)c1. The van der Waals surface area contributed by atoms with Crippen LogP contribution in [0.15, 0.2) is 76.2 Å². The average molecular weight is 461 g/mol. The first kappa shape index (κ1) is 20.9. The molecule has 0 fully saturated rings. The largest absolute Gasteiger partial charge is 0.324 e. The smallest absolute Gasteiger partial charge is 0.135 e. The van der Waals surface area contributed by atoms with Crippen LogP contribution in [-0.2, 0) is 0 Å². The third-order valence-electron chi connectivity index (χ3n) is 5.72. The van der Waals surface area contributed by atoms with E-state index in [1.807, 2.05) is 0 Å². The fourth-order valence-corrected chi connectivity index (χ4v) is 4.71. The Morgan fingerprint density at radius 1 is 0.767 bits per heavy atom. The average Bonchev–Trinajstić information content (AvgIpc) is 3.23. The summed E-state index contributed by atoms with van der Waals surface area (Å²) < 4.78 is 1.16. The van der Waals surface area contributed by atoms with E-state index in [4.69, 9.17) is 4.99 Å². The van der Waals surface area contributed by atoms with E-state index in [0.29, 0.717) is 11.8 Å². The van der Waals surface area contributed by atoms with Crippen molar-refractivity contribution in [3.05, 3.63) is 87.9 Å². The number of aliphatic imine (C=N–C) groups is 1. The first-order valence-corrected chi connectivity index (χ1v) is 11.6. The van der Waals surface area contributed by atoms with Gasteiger partial charge in [-0.05, 0) is 52.3 Å². The van der Waals surface area contributed by atoms with Gasteiger partial charge in [-0.15, -0.1) is 0 Å². The molecule has 0 saturated carbocycles. The predicted molar refractivity (Wildman–Crippen MR) is 133 cm³/mol. The van der Waals surface area contributed by atoms with E-state index in [1.165, 1.54) is 33.5 Å². The van der Waals surface area contributed by atoms with Crippen LogP contribution in [0.5, 0.6) is 0 Å². The minimum absolute atomic E-state index is 0.438. The Kier molecular flexibility index (Phi) is 6.10. The van der Waals surface area contributed by atoms with Crippen LogP contribution in [0.4, 0.5) is 5.69 Å². The van der Waals surface area contributed by atoms with Crippen LogP contribution >= 0.6 is 15.9 Å². The van der Waals surface area contributed by atoms with Gasteiger partial charge in [-0.1, -0.05) is 92.2 Å². The first-order valence-electron chi connectivity index (χ1n) is 10.8. The number of benzene rings is 3. The Morgan fingerprint density at radius 2 is 1.37 bits per heavy atom. The van der Waals surface area contributed by atoms with Crippen molar-refractivity contribution in [3.63, 3.8) is 0 Å². The second-order valence-electron chi connectivity index (χ2n) is 8.55. The lowest BCUT2D eigenvalue weighted by molar-refractivity contribution is 0.822. The molecule has 0 aromatic heterocycles. The Bertz CT molecular complexity index is 1040. The molecule has 30 heavy (non-hydrogen) atoms. The van der Waals surface area contributed by atoms with Crippen LogP contribution in [0, 0.1) is 0 Å². The molecule has 0 atom stereocenters. The fraction of sp³-hybridized carbons (Fsp3) is 0.296. The van der Waals surface area contributed by atoms with E-state index in [0.717, 1.165) is 23.4 Å². The lowest BCUT2D eigenvalue weighted by Crippen LogP contribution is -2.30. The van der Waals surface area contributed by atoms with Crippen LogP contribution in [0.3, 0.4) is 0 Å². The van der Waals surface area contributed by atoms with Gasteiger partial charge in [0.15, 0.2) is 0 Å². The first-order chi connectivity index (χ1) is 14.5. The quantitative estimate of drug-likeness (QED) is 0.381. The number of hydrogen-bond donors (Lipinski definition) is 0. The van der Waals surface area contributed by atoms with Gasteiger partial charge in [-0.2, -0.15) is 0 Å². The van der Waals surface area contributed by atoms with Crippen molar-refractivity contribution in [2.24, 2.45) is 4.99 Å². The van der Waals surface area contributed by atoms with Gasteiger partial charge in [0.05, 0.1) is 6.54 Å². The normalized spacial score (nSPS) is 14.0. The summed E-state index contributed by atoms with van der Waals surface area (Å²) in [5, 5.41) is 0. The molecule has 3 aromatic rings. The molecule has 3 heteroatoms. The van der Waals surface area contributed by atoms with E-state index >= 15 is 0 Å². The topological polar surface area (TPSA) is 15.6 Å². The van der Waals surface area contributed by atoms with E-state index in [1.54, 1.807) is 0 Å². The van der Waals surface area contributed by atoms with Crippen molar-refractivity contribution >= 4 is 27.5 Å². The molecule has 0 spiro atoms. The Balaban J connectivity index is 1.81. The van der Waals surface area contributed by atoms with Gasteiger partial charge < -0.3 is 4.90 Å². The zero-order valence-corrected chi connectivity index (χ0v) is 19.8. The third-order valence-corrected chi connectivity index (χ3v) is 6.17. The number of hydrogen-bond acceptors (Lipinski definition) is 2. The molecule has 3 aromatic carbocycles. The minimum atomic E-state index is 0.438. The summed E-state index contributed by atoms with van der Waals surface area (Å²) in [6.45, 7) is 10.9. The van der Waals surface area contributed by atoms with Gasteiger partial charge in [-0.3, -0.25) is 4.99 Å². The molecule has 0 saturated heterocycles. The summed E-state index contributed by atoms with van der Waals surface area (Å²) in [5.74, 6) is 1.96. The maximum Gasteiger partial charge on any atom is 0.135 e. The van der Waals surface area contributed by atoms with Crippen LogP contribution < -0.4 is 4.90 Å². The van der Waals surface area contributed by atoms with Crippen molar-refractivity contribution in [1.82, 2.24) is 0 Å². The lowest BCUT2D eigenvalue weighted by Gasteiger charge is -2.29. The summed E-state index contributed by atoms with van der Waals surface area (Å²) in [6.07, 6.45) is 0. The molecule has 1 heterocycles. The molecule has 4 rings (SSSR count). The van der Waals surface area contributed by atoms with Crippen LogP contribution in [-0.4, -0.2) is 18.9 Å². The zero-order chi connectivity index (χ0) is 21.3. The zero-order valence-electron chi connectivity index (χ0n) is 18.2. The summed E-state index contributed by atoms with van der Waals surface area (Å²) in [6, 6.07) is 23.9. The molecule has 154 valence electrons. The molecule has 0 bridgehead atoms. The molecular formula is C27H29BrN2. The summed E-state index contributed by atoms with van der Waals surface area (Å²) in [4.78, 5) is 7.40. The molecule has 0 radical (unpaired) electrons. The van der Waals surface area contributed by atoms with Crippen molar-refractivity contribution < 1.29 is 0 Å². The number of rotatable bonds is 5. The molecule has 0 aliphatic carbocycles. The third kappa shape index (κ3) is 4.09. The molecular weight excluding hydrogens is 432 g/mol. The maximum atomic E-state index is 4.95. The highest BCUT2D eigenvalue weighted by Crippen LogP contribution is 2.39. The van der Waals surface area contributed by atoms with Gasteiger partial charge in [0.2, 0.25) is 0 Å². The van der Waals surface area contributed by atoms with E-state index in [9.17, 15) is 0 Å². The van der Waals surface area contributed by atoms with Crippen molar-refractivity contribution in [3.8, 4) is 11.1 Å². The van der Waals surface area contributed by atoms with Crippen molar-refractivity contribution in [2.45, 2.75) is 39.5 Å². The molecule has 0 N–H and O–H groups in total. The van der Waals surface area contributed by atoms with Gasteiger partial charge in [0.25, 0.3) is 0 Å². The van der Waals surface area contributed by atoms with Gasteiger partial charge in [0, 0.05) is 22.3 Å². The van der Waals surface area contributed by atoms with Gasteiger partial charge >= 0.3 is 0 Å². The Morgan fingerprint density at radius 3 is 2.00 bits per heavy atom. The minimum Gasteiger partial charge on any atom is -0.324 e. The van der Waals surface area contributed by atoms with E-state index in [2.05, 4.69) is 115 Å². The van der Waals surface area contributed by atoms with Crippen molar-refractivity contribution in [2.75, 3.05) is 18.0 Å². The Labute approximate surface area is 188 Å². The second-order valence-corrected chi connectivity index (χ2v) is 9.46. The van der Waals surface area contributed by atoms with Crippen LogP contribution in [0.25, 0.3) is 11.1 Å². The van der Waals surface area contributed by atoms with Gasteiger partial charge in [0.1, 0.15) is 5.84 Å². The molecule has 2 nitrogen and oxygen atoms in total. The van der Waals surface area contributed by atoms with Crippen molar-refractivity contribution in [1.29, 1.82) is 0 Å². The van der Waals surface area contributed by atoms with E-state index < -0.39 is 0 Å². The highest BCUT2D eigenvalue weighted by atomic mass is 79.9. The molecule has 1 aliphatic heterocycles. The molecule has 1 aliphatic rings.